The summed E-state index contributed by atoms with van der Waals surface area (Å²) >= 11 is 6.33. The molecule has 0 saturated carbocycles. The number of piperidine rings is 1. The molecular formula is C14H17ClN2O2. The summed E-state index contributed by atoms with van der Waals surface area (Å²) in [4.78, 5) is 13.8. The van der Waals surface area contributed by atoms with Crippen LogP contribution < -0.4 is 10.2 Å². The van der Waals surface area contributed by atoms with Crippen LogP contribution in [0.3, 0.4) is 0 Å². The van der Waals surface area contributed by atoms with Crippen molar-refractivity contribution in [1.29, 1.82) is 0 Å². The number of hydrogen-bond acceptors (Lipinski definition) is 3. The largest absolute Gasteiger partial charge is 0.378 e. The van der Waals surface area contributed by atoms with E-state index in [0.717, 1.165) is 25.1 Å². The average molecular weight is 281 g/mol. The van der Waals surface area contributed by atoms with Crippen LogP contribution in [-0.2, 0) is 4.79 Å². The molecule has 2 unspecified atom stereocenters. The number of amides is 1. The van der Waals surface area contributed by atoms with Gasteiger partial charge >= 0.3 is 0 Å². The zero-order valence-electron chi connectivity index (χ0n) is 10.8. The molecule has 0 radical (unpaired) electrons. The van der Waals surface area contributed by atoms with Gasteiger partial charge in [0.05, 0.1) is 10.7 Å². The van der Waals surface area contributed by atoms with E-state index in [1.807, 2.05) is 6.07 Å². The number of carbonyl (C=O) groups excluding carboxylic acids is 1. The summed E-state index contributed by atoms with van der Waals surface area (Å²) in [6.45, 7) is 3.17. The number of aliphatic hydroxyl groups excluding tert-OH is 1. The van der Waals surface area contributed by atoms with Gasteiger partial charge in [-0.3, -0.25) is 4.79 Å². The summed E-state index contributed by atoms with van der Waals surface area (Å²) in [7, 11) is 0. The van der Waals surface area contributed by atoms with Gasteiger partial charge in [0.25, 0.3) is 5.91 Å². The van der Waals surface area contributed by atoms with Gasteiger partial charge in [-0.05, 0) is 38.3 Å². The van der Waals surface area contributed by atoms with E-state index in [1.54, 1.807) is 6.07 Å². The van der Waals surface area contributed by atoms with Crippen LogP contribution >= 0.6 is 11.6 Å². The Labute approximate surface area is 117 Å². The van der Waals surface area contributed by atoms with Crippen molar-refractivity contribution in [2.24, 2.45) is 0 Å². The Bertz CT molecular complexity index is 532. The number of nitrogens with zero attached hydrogens (tertiary/aromatic N) is 1. The highest BCUT2D eigenvalue weighted by molar-refractivity contribution is 6.33. The molecule has 2 aliphatic heterocycles. The van der Waals surface area contributed by atoms with Crippen LogP contribution in [0.5, 0.6) is 0 Å². The minimum atomic E-state index is -1.10. The third kappa shape index (κ3) is 2.09. The highest BCUT2D eigenvalue weighted by atomic mass is 35.5. The molecule has 2 N–H and O–H groups in total. The second-order valence-electron chi connectivity index (χ2n) is 5.32. The van der Waals surface area contributed by atoms with Crippen molar-refractivity contribution < 1.29 is 9.90 Å². The highest BCUT2D eigenvalue weighted by Crippen LogP contribution is 2.40. The Morgan fingerprint density at radius 2 is 2.21 bits per heavy atom. The zero-order chi connectivity index (χ0) is 13.6. The van der Waals surface area contributed by atoms with Crippen LogP contribution in [0.4, 0.5) is 11.4 Å². The molecule has 0 spiro atoms. The summed E-state index contributed by atoms with van der Waals surface area (Å²) in [6, 6.07) is 4.04. The summed E-state index contributed by atoms with van der Waals surface area (Å²) in [6.07, 6.45) is 2.46. The summed E-state index contributed by atoms with van der Waals surface area (Å²) < 4.78 is 0. The number of anilines is 2. The molecule has 3 rings (SSSR count). The Hall–Kier alpha value is -1.26. The first-order chi connectivity index (χ1) is 9.08. The molecule has 1 aromatic rings. The van der Waals surface area contributed by atoms with E-state index in [1.165, 1.54) is 6.42 Å². The first-order valence-corrected chi connectivity index (χ1v) is 7.04. The number of fused-ring (bicyclic) bond motifs is 1. The minimum Gasteiger partial charge on any atom is -0.378 e. The molecule has 2 atom stereocenters. The van der Waals surface area contributed by atoms with Crippen LogP contribution in [0.2, 0.25) is 5.02 Å². The lowest BCUT2D eigenvalue weighted by atomic mass is 10.0. The van der Waals surface area contributed by atoms with Crippen molar-refractivity contribution in [3.8, 4) is 0 Å². The number of nitrogens with one attached hydrogen (secondary N) is 1. The lowest BCUT2D eigenvalue weighted by Gasteiger charge is -2.36. The molecule has 2 aliphatic rings. The van der Waals surface area contributed by atoms with E-state index >= 15 is 0 Å². The van der Waals surface area contributed by atoms with Gasteiger partial charge in [0, 0.05) is 23.8 Å². The molecule has 0 bridgehead atoms. The van der Waals surface area contributed by atoms with Crippen molar-refractivity contribution in [3.63, 3.8) is 0 Å². The van der Waals surface area contributed by atoms with Gasteiger partial charge < -0.3 is 15.3 Å². The van der Waals surface area contributed by atoms with Crippen LogP contribution in [0.15, 0.2) is 12.1 Å². The number of halogens is 1. The Morgan fingerprint density at radius 3 is 2.95 bits per heavy atom. The summed E-state index contributed by atoms with van der Waals surface area (Å²) in [5.74, 6) is -0.380. The molecule has 5 heteroatoms. The molecular weight excluding hydrogens is 264 g/mol. The first kappa shape index (κ1) is 12.8. The van der Waals surface area contributed by atoms with Crippen molar-refractivity contribution in [2.75, 3.05) is 16.8 Å². The van der Waals surface area contributed by atoms with Crippen LogP contribution in [0, 0.1) is 0 Å². The third-order valence-corrected chi connectivity index (χ3v) is 4.33. The fraction of sp³-hybridized carbons (Fsp3) is 0.500. The quantitative estimate of drug-likeness (QED) is 0.832. The predicted octanol–water partition coefficient (Wildman–Crippen LogP) is 2.70. The van der Waals surface area contributed by atoms with Gasteiger partial charge in [-0.15, -0.1) is 0 Å². The van der Waals surface area contributed by atoms with Crippen LogP contribution in [-0.4, -0.2) is 23.6 Å². The number of benzene rings is 1. The lowest BCUT2D eigenvalue weighted by Crippen LogP contribution is -2.37. The van der Waals surface area contributed by atoms with Crippen molar-refractivity contribution >= 4 is 28.9 Å². The monoisotopic (exact) mass is 280 g/mol. The number of carbonyl (C=O) groups is 1. The van der Waals surface area contributed by atoms with Crippen molar-refractivity contribution in [1.82, 2.24) is 0 Å². The molecule has 1 saturated heterocycles. The number of aliphatic hydroxyl groups is 1. The van der Waals surface area contributed by atoms with Gasteiger partial charge in [0.15, 0.2) is 6.10 Å². The van der Waals surface area contributed by atoms with E-state index in [2.05, 4.69) is 17.1 Å². The van der Waals surface area contributed by atoms with E-state index in [9.17, 15) is 9.90 Å². The van der Waals surface area contributed by atoms with Crippen LogP contribution in [0.25, 0.3) is 0 Å². The highest BCUT2D eigenvalue weighted by Gasteiger charge is 2.31. The summed E-state index contributed by atoms with van der Waals surface area (Å²) in [5, 5.41) is 13.0. The first-order valence-electron chi connectivity index (χ1n) is 6.67. The second kappa shape index (κ2) is 4.69. The van der Waals surface area contributed by atoms with Crippen molar-refractivity contribution in [2.45, 2.75) is 38.3 Å². The van der Waals surface area contributed by atoms with Gasteiger partial charge in [0.1, 0.15) is 0 Å². The lowest BCUT2D eigenvalue weighted by molar-refractivity contribution is -0.123. The third-order valence-electron chi connectivity index (χ3n) is 4.03. The standard InChI is InChI=1S/C14H17ClN2O2/c1-8-4-2-3-5-17(8)12-7-11-9(6-10(12)15)13(18)14(19)16-11/h6-8,13,18H,2-5H2,1H3,(H,16,19). The van der Waals surface area contributed by atoms with Crippen LogP contribution in [0.1, 0.15) is 37.9 Å². The smallest absolute Gasteiger partial charge is 0.257 e. The SMILES string of the molecule is CC1CCCCN1c1cc2c(cc1Cl)C(O)C(=O)N2. The Balaban J connectivity index is 2.00. The second-order valence-corrected chi connectivity index (χ2v) is 5.73. The Kier molecular flexibility index (Phi) is 3.15. The molecule has 1 amide bonds. The molecule has 4 nitrogen and oxygen atoms in total. The average Bonchev–Trinajstić information content (AvgIpc) is 2.66. The van der Waals surface area contributed by atoms with Gasteiger partial charge in [0.2, 0.25) is 0 Å². The topological polar surface area (TPSA) is 52.6 Å². The number of rotatable bonds is 1. The number of hydrogen-bond donors (Lipinski definition) is 2. The van der Waals surface area contributed by atoms with Crippen molar-refractivity contribution in [3.05, 3.63) is 22.7 Å². The molecule has 0 aromatic heterocycles. The molecule has 1 aromatic carbocycles. The summed E-state index contributed by atoms with van der Waals surface area (Å²) in [5.41, 5.74) is 2.19. The predicted molar refractivity (Wildman–Crippen MR) is 75.7 cm³/mol. The van der Waals surface area contributed by atoms with Gasteiger partial charge in [-0.1, -0.05) is 11.6 Å². The maximum absolute atomic E-state index is 11.5. The van der Waals surface area contributed by atoms with E-state index in [-0.39, 0.29) is 5.91 Å². The van der Waals surface area contributed by atoms with E-state index in [0.29, 0.717) is 22.3 Å². The maximum Gasteiger partial charge on any atom is 0.257 e. The minimum absolute atomic E-state index is 0.380. The van der Waals surface area contributed by atoms with Gasteiger partial charge in [-0.2, -0.15) is 0 Å². The zero-order valence-corrected chi connectivity index (χ0v) is 11.6. The molecule has 1 fully saturated rings. The molecule has 19 heavy (non-hydrogen) atoms. The van der Waals surface area contributed by atoms with Gasteiger partial charge in [-0.25, -0.2) is 0 Å². The Morgan fingerprint density at radius 1 is 1.42 bits per heavy atom. The normalized spacial score (nSPS) is 26.3. The fourth-order valence-corrected chi connectivity index (χ4v) is 3.21. The maximum atomic E-state index is 11.5. The fourth-order valence-electron chi connectivity index (χ4n) is 2.93. The van der Waals surface area contributed by atoms with E-state index in [4.69, 9.17) is 11.6 Å². The molecule has 0 aliphatic carbocycles. The molecule has 2 heterocycles. The molecule has 102 valence electrons. The van der Waals surface area contributed by atoms with E-state index < -0.39 is 6.10 Å².